The number of rotatable bonds is 5. The molecule has 128 valence electrons. The molecule has 0 bridgehead atoms. The lowest BCUT2D eigenvalue weighted by molar-refractivity contribution is -0.143. The molecule has 1 N–H and O–H groups in total. The minimum Gasteiger partial charge on any atom is -0.480 e. The highest BCUT2D eigenvalue weighted by molar-refractivity contribution is 7.15. The maximum absolute atomic E-state index is 13.3. The van der Waals surface area contributed by atoms with Crippen LogP contribution in [0.4, 0.5) is 4.39 Å². The Morgan fingerprint density at radius 2 is 2.00 bits per heavy atom. The molecule has 1 aromatic carbocycles. The molecule has 2 aromatic rings. The fourth-order valence-electron chi connectivity index (χ4n) is 2.95. The molecule has 0 spiro atoms. The van der Waals surface area contributed by atoms with Gasteiger partial charge in [0, 0.05) is 42.5 Å². The third-order valence-corrected chi connectivity index (χ3v) is 5.58. The number of carboxylic acid groups (broad SMARTS) is 1. The average Bonchev–Trinajstić information content (AvgIpc) is 3.03. The summed E-state index contributed by atoms with van der Waals surface area (Å²) in [5, 5.41) is 9.09. The molecule has 1 aromatic heterocycles. The van der Waals surface area contributed by atoms with Crippen molar-refractivity contribution in [1.29, 1.82) is 0 Å². The maximum atomic E-state index is 13.3. The largest absolute Gasteiger partial charge is 0.480 e. The van der Waals surface area contributed by atoms with Crippen LogP contribution < -0.4 is 0 Å². The van der Waals surface area contributed by atoms with E-state index in [-0.39, 0.29) is 5.82 Å². The first kappa shape index (κ1) is 17.1. The van der Waals surface area contributed by atoms with Gasteiger partial charge in [-0.05, 0) is 36.8 Å². The van der Waals surface area contributed by atoms with E-state index in [1.54, 1.807) is 30.4 Å². The van der Waals surface area contributed by atoms with Crippen LogP contribution in [0.3, 0.4) is 0 Å². The van der Waals surface area contributed by atoms with Gasteiger partial charge < -0.3 is 5.11 Å². The quantitative estimate of drug-likeness (QED) is 0.901. The summed E-state index contributed by atoms with van der Waals surface area (Å²) in [6.07, 6.45) is 0. The van der Waals surface area contributed by atoms with E-state index in [1.165, 1.54) is 10.9 Å². The zero-order valence-electron chi connectivity index (χ0n) is 13.6. The molecular weight excluding hydrogens is 327 g/mol. The van der Waals surface area contributed by atoms with E-state index in [0.717, 1.165) is 43.2 Å². The highest BCUT2D eigenvalue weighted by atomic mass is 32.1. The molecule has 3 rings (SSSR count). The lowest BCUT2D eigenvalue weighted by Gasteiger charge is -2.36. The number of hydrogen-bond acceptors (Lipinski definition) is 4. The van der Waals surface area contributed by atoms with Crippen LogP contribution in [-0.4, -0.2) is 53.1 Å². The summed E-state index contributed by atoms with van der Waals surface area (Å²) in [5.74, 6) is -0.979. The molecular formula is C18H21FN2O2S. The number of aliphatic carboxylic acids is 1. The van der Waals surface area contributed by atoms with Crippen molar-refractivity contribution in [3.63, 3.8) is 0 Å². The lowest BCUT2D eigenvalue weighted by atomic mass is 10.2. The predicted molar refractivity (Wildman–Crippen MR) is 93.7 cm³/mol. The maximum Gasteiger partial charge on any atom is 0.320 e. The van der Waals surface area contributed by atoms with Crippen molar-refractivity contribution in [1.82, 2.24) is 9.80 Å². The smallest absolute Gasteiger partial charge is 0.320 e. The van der Waals surface area contributed by atoms with Gasteiger partial charge in [0.15, 0.2) is 0 Å². The standard InChI is InChI=1S/C18H21FN2O2S/c1-13(18(22)23)21-9-7-20(8-10-21)12-16-5-6-17(24-16)14-3-2-4-15(19)11-14/h2-6,11,13H,7-10,12H2,1H3,(H,22,23). The van der Waals surface area contributed by atoms with Crippen LogP contribution in [0, 0.1) is 5.82 Å². The minimum atomic E-state index is -0.763. The monoisotopic (exact) mass is 348 g/mol. The first-order valence-corrected chi connectivity index (χ1v) is 8.88. The van der Waals surface area contributed by atoms with Gasteiger partial charge in [-0.2, -0.15) is 0 Å². The Morgan fingerprint density at radius 3 is 2.67 bits per heavy atom. The van der Waals surface area contributed by atoms with E-state index in [1.807, 2.05) is 17.0 Å². The van der Waals surface area contributed by atoms with Gasteiger partial charge in [-0.3, -0.25) is 14.6 Å². The topological polar surface area (TPSA) is 43.8 Å². The van der Waals surface area contributed by atoms with Gasteiger partial charge in [-0.25, -0.2) is 4.39 Å². The number of carbonyl (C=O) groups is 1. The van der Waals surface area contributed by atoms with Crippen molar-refractivity contribution in [2.75, 3.05) is 26.2 Å². The molecule has 1 atom stereocenters. The van der Waals surface area contributed by atoms with Gasteiger partial charge in [0.2, 0.25) is 0 Å². The second-order valence-corrected chi connectivity index (χ2v) is 7.27. The predicted octanol–water partition coefficient (Wildman–Crippen LogP) is 3.14. The third-order valence-electron chi connectivity index (χ3n) is 4.46. The lowest BCUT2D eigenvalue weighted by Crippen LogP contribution is -2.51. The Hall–Kier alpha value is -1.76. The van der Waals surface area contributed by atoms with E-state index in [2.05, 4.69) is 11.0 Å². The summed E-state index contributed by atoms with van der Waals surface area (Å²) >= 11 is 1.68. The molecule has 1 saturated heterocycles. The van der Waals surface area contributed by atoms with Crippen molar-refractivity contribution in [2.24, 2.45) is 0 Å². The summed E-state index contributed by atoms with van der Waals surface area (Å²) in [5.41, 5.74) is 0.909. The molecule has 0 saturated carbocycles. The van der Waals surface area contributed by atoms with Crippen molar-refractivity contribution < 1.29 is 14.3 Å². The van der Waals surface area contributed by atoms with Crippen LogP contribution in [0.25, 0.3) is 10.4 Å². The van der Waals surface area contributed by atoms with Gasteiger partial charge in [0.25, 0.3) is 0 Å². The molecule has 1 fully saturated rings. The van der Waals surface area contributed by atoms with Crippen LogP contribution in [0.1, 0.15) is 11.8 Å². The number of halogens is 1. The number of hydrogen-bond donors (Lipinski definition) is 1. The van der Waals surface area contributed by atoms with Gasteiger partial charge in [-0.1, -0.05) is 12.1 Å². The number of thiophene rings is 1. The Labute approximate surface area is 145 Å². The Bertz CT molecular complexity index is 711. The molecule has 0 aliphatic carbocycles. The fourth-order valence-corrected chi connectivity index (χ4v) is 3.99. The van der Waals surface area contributed by atoms with Crippen molar-refractivity contribution in [2.45, 2.75) is 19.5 Å². The summed E-state index contributed by atoms with van der Waals surface area (Å²) in [6, 6.07) is 10.4. The van der Waals surface area contributed by atoms with Crippen LogP contribution in [0.2, 0.25) is 0 Å². The normalized spacial score (nSPS) is 17.8. The molecule has 1 unspecified atom stereocenters. The van der Waals surface area contributed by atoms with E-state index < -0.39 is 12.0 Å². The first-order chi connectivity index (χ1) is 11.5. The fraction of sp³-hybridized carbons (Fsp3) is 0.389. The van der Waals surface area contributed by atoms with Gasteiger partial charge in [-0.15, -0.1) is 11.3 Å². The zero-order valence-corrected chi connectivity index (χ0v) is 14.4. The Balaban J connectivity index is 1.57. The van der Waals surface area contributed by atoms with Crippen molar-refractivity contribution in [3.05, 3.63) is 47.1 Å². The average molecular weight is 348 g/mol. The second-order valence-electron chi connectivity index (χ2n) is 6.10. The first-order valence-electron chi connectivity index (χ1n) is 8.07. The highest BCUT2D eigenvalue weighted by Crippen LogP contribution is 2.29. The molecule has 0 radical (unpaired) electrons. The van der Waals surface area contributed by atoms with E-state index >= 15 is 0 Å². The van der Waals surface area contributed by atoms with Gasteiger partial charge in [0.05, 0.1) is 0 Å². The number of benzene rings is 1. The van der Waals surface area contributed by atoms with Crippen LogP contribution >= 0.6 is 11.3 Å². The molecule has 1 aliphatic rings. The van der Waals surface area contributed by atoms with Crippen LogP contribution in [0.15, 0.2) is 36.4 Å². The van der Waals surface area contributed by atoms with E-state index in [4.69, 9.17) is 5.11 Å². The van der Waals surface area contributed by atoms with Crippen molar-refractivity contribution >= 4 is 17.3 Å². The van der Waals surface area contributed by atoms with Crippen LogP contribution in [0.5, 0.6) is 0 Å². The van der Waals surface area contributed by atoms with E-state index in [9.17, 15) is 9.18 Å². The molecule has 0 amide bonds. The Kier molecular flexibility index (Phi) is 5.28. The molecule has 4 nitrogen and oxygen atoms in total. The number of carboxylic acids is 1. The molecule has 1 aliphatic heterocycles. The van der Waals surface area contributed by atoms with E-state index in [0.29, 0.717) is 0 Å². The zero-order chi connectivity index (χ0) is 17.1. The summed E-state index contributed by atoms with van der Waals surface area (Å²) in [7, 11) is 0. The summed E-state index contributed by atoms with van der Waals surface area (Å²) in [6.45, 7) is 5.87. The summed E-state index contributed by atoms with van der Waals surface area (Å²) < 4.78 is 13.3. The van der Waals surface area contributed by atoms with Crippen molar-refractivity contribution in [3.8, 4) is 10.4 Å². The highest BCUT2D eigenvalue weighted by Gasteiger charge is 2.25. The SMILES string of the molecule is CC(C(=O)O)N1CCN(Cc2ccc(-c3cccc(F)c3)s2)CC1. The number of piperazine rings is 1. The summed E-state index contributed by atoms with van der Waals surface area (Å²) in [4.78, 5) is 17.7. The number of nitrogens with zero attached hydrogens (tertiary/aromatic N) is 2. The minimum absolute atomic E-state index is 0.217. The Morgan fingerprint density at radius 1 is 1.25 bits per heavy atom. The molecule has 24 heavy (non-hydrogen) atoms. The van der Waals surface area contributed by atoms with Gasteiger partial charge in [0.1, 0.15) is 11.9 Å². The molecule has 2 heterocycles. The second kappa shape index (κ2) is 7.42. The third kappa shape index (κ3) is 4.01. The van der Waals surface area contributed by atoms with Crippen LogP contribution in [-0.2, 0) is 11.3 Å². The van der Waals surface area contributed by atoms with Gasteiger partial charge >= 0.3 is 5.97 Å². The molecule has 6 heteroatoms.